The molecule has 2 rings (SSSR count). The summed E-state index contributed by atoms with van der Waals surface area (Å²) < 4.78 is 0. The first kappa shape index (κ1) is 24.6. The van der Waals surface area contributed by atoms with Gasteiger partial charge in [-0.15, -0.1) is 24.0 Å². The van der Waals surface area contributed by atoms with E-state index >= 15 is 0 Å². The summed E-state index contributed by atoms with van der Waals surface area (Å²) in [6, 6.07) is 10.7. The Bertz CT molecular complexity index is 588. The number of aliphatic imine (C=N–C) groups is 1. The number of nitrogens with zero attached hydrogens (tertiary/aromatic N) is 4. The highest BCUT2D eigenvalue weighted by molar-refractivity contribution is 14.0. The Labute approximate surface area is 186 Å². The maximum atomic E-state index is 11.7. The number of carbonyl (C=O) groups excluding carboxylic acids is 1. The zero-order valence-corrected chi connectivity index (χ0v) is 19.7. The lowest BCUT2D eigenvalue weighted by atomic mass is 10.2. The fraction of sp³-hybridized carbons (Fsp3) is 0.600. The van der Waals surface area contributed by atoms with Crippen LogP contribution in [0.15, 0.2) is 35.3 Å². The Hall–Kier alpha value is -1.39. The van der Waals surface area contributed by atoms with Gasteiger partial charge in [-0.3, -0.25) is 14.6 Å². The molecule has 1 saturated heterocycles. The van der Waals surface area contributed by atoms with Crippen LogP contribution in [0.1, 0.15) is 12.5 Å². The van der Waals surface area contributed by atoms with Crippen LogP contribution < -0.4 is 10.6 Å². The monoisotopic (exact) mass is 502 g/mol. The molecule has 0 atom stereocenters. The van der Waals surface area contributed by atoms with E-state index in [2.05, 4.69) is 55.8 Å². The minimum atomic E-state index is 0. The number of nitrogens with one attached hydrogen (secondary N) is 2. The summed E-state index contributed by atoms with van der Waals surface area (Å²) in [6.45, 7) is 10.2. The second-order valence-electron chi connectivity index (χ2n) is 7.01. The largest absolute Gasteiger partial charge is 0.357 e. The van der Waals surface area contributed by atoms with Crippen molar-refractivity contribution >= 4 is 35.8 Å². The molecule has 0 unspecified atom stereocenters. The topological polar surface area (TPSA) is 63.2 Å². The van der Waals surface area contributed by atoms with Crippen LogP contribution in [0.2, 0.25) is 0 Å². The second-order valence-corrected chi connectivity index (χ2v) is 7.01. The third-order valence-corrected chi connectivity index (χ3v) is 4.65. The molecule has 8 heteroatoms. The van der Waals surface area contributed by atoms with Crippen molar-refractivity contribution in [2.45, 2.75) is 13.5 Å². The predicted octanol–water partition coefficient (Wildman–Crippen LogP) is 1.07. The lowest BCUT2D eigenvalue weighted by Gasteiger charge is -2.34. The lowest BCUT2D eigenvalue weighted by Crippen LogP contribution is -2.49. The standard InChI is InChI=1S/C20H34N6O.HI/c1-4-21-20(23-16-19(27)24(2)3)22-10-11-25-12-14-26(15-13-25)17-18-8-6-5-7-9-18;/h5-9H,4,10-17H2,1-3H3,(H2,21,22,23);1H. The van der Waals surface area contributed by atoms with Crippen LogP contribution in [-0.4, -0.2) is 93.0 Å². The number of rotatable bonds is 8. The Balaban J connectivity index is 0.00000392. The Morgan fingerprint density at radius 2 is 1.71 bits per heavy atom. The normalized spacial score (nSPS) is 15.6. The SMILES string of the molecule is CCNC(=NCC(=O)N(C)C)NCCN1CCN(Cc2ccccc2)CC1.I. The molecule has 158 valence electrons. The first-order chi connectivity index (χ1) is 13.1. The van der Waals surface area contributed by atoms with Gasteiger partial charge in [-0.2, -0.15) is 0 Å². The summed E-state index contributed by atoms with van der Waals surface area (Å²) in [5.41, 5.74) is 1.38. The van der Waals surface area contributed by atoms with Crippen molar-refractivity contribution in [3.63, 3.8) is 0 Å². The number of piperazine rings is 1. The van der Waals surface area contributed by atoms with Crippen molar-refractivity contribution in [2.75, 3.05) is 66.5 Å². The van der Waals surface area contributed by atoms with Gasteiger partial charge in [-0.25, -0.2) is 4.99 Å². The average Bonchev–Trinajstić information content (AvgIpc) is 2.68. The maximum absolute atomic E-state index is 11.7. The van der Waals surface area contributed by atoms with Crippen molar-refractivity contribution in [3.8, 4) is 0 Å². The van der Waals surface area contributed by atoms with Gasteiger partial charge in [0.25, 0.3) is 0 Å². The van der Waals surface area contributed by atoms with E-state index in [4.69, 9.17) is 0 Å². The Morgan fingerprint density at radius 3 is 2.32 bits per heavy atom. The van der Waals surface area contributed by atoms with Gasteiger partial charge in [0.05, 0.1) is 0 Å². The van der Waals surface area contributed by atoms with Gasteiger partial charge in [0.1, 0.15) is 6.54 Å². The molecule has 1 heterocycles. The summed E-state index contributed by atoms with van der Waals surface area (Å²) >= 11 is 0. The molecule has 1 aliphatic rings. The maximum Gasteiger partial charge on any atom is 0.243 e. The molecule has 2 N–H and O–H groups in total. The van der Waals surface area contributed by atoms with Gasteiger partial charge in [0, 0.05) is 66.5 Å². The zero-order valence-electron chi connectivity index (χ0n) is 17.4. The van der Waals surface area contributed by atoms with Crippen LogP contribution in [0.5, 0.6) is 0 Å². The predicted molar refractivity (Wildman–Crippen MR) is 126 cm³/mol. The quantitative estimate of drug-likeness (QED) is 0.317. The van der Waals surface area contributed by atoms with Crippen molar-refractivity contribution in [1.29, 1.82) is 0 Å². The van der Waals surface area contributed by atoms with Crippen LogP contribution in [0, 0.1) is 0 Å². The third kappa shape index (κ3) is 9.20. The molecule has 7 nitrogen and oxygen atoms in total. The first-order valence-electron chi connectivity index (χ1n) is 9.79. The van der Waals surface area contributed by atoms with E-state index in [9.17, 15) is 4.79 Å². The molecular weight excluding hydrogens is 467 g/mol. The van der Waals surface area contributed by atoms with Crippen molar-refractivity contribution in [3.05, 3.63) is 35.9 Å². The van der Waals surface area contributed by atoms with Crippen LogP contribution in [0.25, 0.3) is 0 Å². The molecule has 0 aliphatic carbocycles. The van der Waals surface area contributed by atoms with E-state index in [-0.39, 0.29) is 36.4 Å². The molecule has 28 heavy (non-hydrogen) atoms. The highest BCUT2D eigenvalue weighted by Crippen LogP contribution is 2.07. The number of guanidine groups is 1. The fourth-order valence-electron chi connectivity index (χ4n) is 2.97. The summed E-state index contributed by atoms with van der Waals surface area (Å²) in [5, 5.41) is 6.52. The summed E-state index contributed by atoms with van der Waals surface area (Å²) in [5.74, 6) is 0.706. The fourth-order valence-corrected chi connectivity index (χ4v) is 2.97. The van der Waals surface area contributed by atoms with E-state index in [1.807, 2.05) is 6.92 Å². The highest BCUT2D eigenvalue weighted by Gasteiger charge is 2.16. The highest BCUT2D eigenvalue weighted by atomic mass is 127. The van der Waals surface area contributed by atoms with Crippen LogP contribution >= 0.6 is 24.0 Å². The zero-order chi connectivity index (χ0) is 19.5. The van der Waals surface area contributed by atoms with Crippen molar-refractivity contribution < 1.29 is 4.79 Å². The summed E-state index contributed by atoms with van der Waals surface area (Å²) in [4.78, 5) is 22.6. The van der Waals surface area contributed by atoms with Crippen molar-refractivity contribution in [2.24, 2.45) is 4.99 Å². The smallest absolute Gasteiger partial charge is 0.243 e. The Morgan fingerprint density at radius 1 is 1.07 bits per heavy atom. The molecule has 1 aromatic rings. The first-order valence-corrected chi connectivity index (χ1v) is 9.79. The number of halogens is 1. The lowest BCUT2D eigenvalue weighted by molar-refractivity contribution is -0.127. The summed E-state index contributed by atoms with van der Waals surface area (Å²) in [7, 11) is 3.49. The van der Waals surface area contributed by atoms with Gasteiger partial charge in [-0.05, 0) is 12.5 Å². The van der Waals surface area contributed by atoms with Gasteiger partial charge >= 0.3 is 0 Å². The number of likely N-dealkylation sites (N-methyl/N-ethyl adjacent to an activating group) is 1. The van der Waals surface area contributed by atoms with Crippen LogP contribution in [0.4, 0.5) is 0 Å². The minimum Gasteiger partial charge on any atom is -0.357 e. The van der Waals surface area contributed by atoms with Crippen LogP contribution in [-0.2, 0) is 11.3 Å². The third-order valence-electron chi connectivity index (χ3n) is 4.65. The molecule has 0 bridgehead atoms. The van der Waals surface area contributed by atoms with Crippen molar-refractivity contribution in [1.82, 2.24) is 25.3 Å². The van der Waals surface area contributed by atoms with Gasteiger partial charge in [0.15, 0.2) is 5.96 Å². The molecular formula is C20H35IN6O. The Kier molecular flexibility index (Phi) is 12.1. The molecule has 0 radical (unpaired) electrons. The number of hydrogen-bond donors (Lipinski definition) is 2. The molecule has 0 saturated carbocycles. The van der Waals surface area contributed by atoms with Gasteiger partial charge in [-0.1, -0.05) is 30.3 Å². The number of carbonyl (C=O) groups is 1. The molecule has 1 amide bonds. The minimum absolute atomic E-state index is 0. The number of amides is 1. The van der Waals surface area contributed by atoms with Crippen LogP contribution in [0.3, 0.4) is 0 Å². The summed E-state index contributed by atoms with van der Waals surface area (Å²) in [6.07, 6.45) is 0. The molecule has 1 aromatic carbocycles. The van der Waals surface area contributed by atoms with Gasteiger partial charge in [0.2, 0.25) is 5.91 Å². The van der Waals surface area contributed by atoms with Gasteiger partial charge < -0.3 is 15.5 Å². The average molecular weight is 502 g/mol. The second kappa shape index (κ2) is 13.7. The molecule has 1 fully saturated rings. The van der Waals surface area contributed by atoms with E-state index < -0.39 is 0 Å². The number of hydrogen-bond acceptors (Lipinski definition) is 4. The van der Waals surface area contributed by atoms with E-state index in [0.29, 0.717) is 5.96 Å². The van der Waals surface area contributed by atoms with E-state index in [1.54, 1.807) is 19.0 Å². The van der Waals surface area contributed by atoms with E-state index in [1.165, 1.54) is 5.56 Å². The molecule has 1 aliphatic heterocycles. The number of benzene rings is 1. The molecule has 0 aromatic heterocycles. The molecule has 0 spiro atoms. The van der Waals surface area contributed by atoms with E-state index in [0.717, 1.165) is 52.4 Å².